The van der Waals surface area contributed by atoms with Crippen molar-refractivity contribution >= 4 is 28.6 Å². The summed E-state index contributed by atoms with van der Waals surface area (Å²) in [5.41, 5.74) is 1.89. The molecule has 0 saturated carbocycles. The predicted octanol–water partition coefficient (Wildman–Crippen LogP) is 2.50. The molecule has 0 fully saturated rings. The lowest BCUT2D eigenvalue weighted by atomic mass is 10.2. The number of fused-ring (bicyclic) bond motifs is 3. The van der Waals surface area contributed by atoms with E-state index in [0.717, 1.165) is 28.7 Å². The number of aromatic nitrogens is 4. The molecule has 1 N–H and O–H groups in total. The number of rotatable bonds is 1. The van der Waals surface area contributed by atoms with Crippen LogP contribution in [0.4, 0.5) is 0 Å². The van der Waals surface area contributed by atoms with E-state index in [0.29, 0.717) is 4.64 Å². The third kappa shape index (κ3) is 1.18. The lowest BCUT2D eigenvalue weighted by molar-refractivity contribution is 0.766. The summed E-state index contributed by atoms with van der Waals surface area (Å²) in [5.74, 6) is 0.889. The quantitative estimate of drug-likeness (QED) is 0.653. The molecule has 5 heteroatoms. The second kappa shape index (κ2) is 3.38. The number of nitrogens with zero attached hydrogens (tertiary/aromatic N) is 3. The van der Waals surface area contributed by atoms with Crippen molar-refractivity contribution in [2.24, 2.45) is 0 Å². The fraction of sp³-hybridized carbons (Fsp3) is 0.182. The van der Waals surface area contributed by atoms with Gasteiger partial charge in [-0.05, 0) is 6.07 Å². The van der Waals surface area contributed by atoms with E-state index in [1.165, 1.54) is 0 Å². The first-order valence-corrected chi connectivity index (χ1v) is 5.57. The first-order chi connectivity index (χ1) is 7.81. The van der Waals surface area contributed by atoms with E-state index >= 15 is 0 Å². The standard InChI is InChI=1S/C11H10N4S/c1-2-9-12-13-11(16)10-7-5-3-4-6-8(7)14-15(9)10/h3-6H,2H2,1H3,(H,13,16). The van der Waals surface area contributed by atoms with Gasteiger partial charge in [-0.3, -0.25) is 5.10 Å². The van der Waals surface area contributed by atoms with E-state index < -0.39 is 0 Å². The van der Waals surface area contributed by atoms with E-state index in [-0.39, 0.29) is 0 Å². The number of hydrogen-bond acceptors (Lipinski definition) is 3. The predicted molar refractivity (Wildman–Crippen MR) is 65.1 cm³/mol. The minimum Gasteiger partial charge on any atom is -0.264 e. The van der Waals surface area contributed by atoms with Crippen LogP contribution >= 0.6 is 12.2 Å². The lowest BCUT2D eigenvalue weighted by Crippen LogP contribution is -2.03. The minimum absolute atomic E-state index is 0.630. The molecule has 80 valence electrons. The average molecular weight is 230 g/mol. The number of nitrogens with one attached hydrogen (secondary N) is 1. The number of aromatic amines is 1. The molecule has 0 spiro atoms. The van der Waals surface area contributed by atoms with Gasteiger partial charge < -0.3 is 0 Å². The highest BCUT2D eigenvalue weighted by atomic mass is 32.1. The fourth-order valence-electron chi connectivity index (χ4n) is 1.88. The van der Waals surface area contributed by atoms with Crippen molar-refractivity contribution in [1.82, 2.24) is 19.8 Å². The van der Waals surface area contributed by atoms with Crippen molar-refractivity contribution in [1.29, 1.82) is 0 Å². The Morgan fingerprint density at radius 1 is 1.38 bits per heavy atom. The van der Waals surface area contributed by atoms with Crippen LogP contribution in [0.25, 0.3) is 16.4 Å². The monoisotopic (exact) mass is 230 g/mol. The van der Waals surface area contributed by atoms with E-state index in [1.807, 2.05) is 35.7 Å². The molecule has 2 heterocycles. The van der Waals surface area contributed by atoms with Crippen LogP contribution in [0.2, 0.25) is 0 Å². The van der Waals surface area contributed by atoms with E-state index in [1.54, 1.807) is 0 Å². The highest BCUT2D eigenvalue weighted by Gasteiger charge is 2.09. The Morgan fingerprint density at radius 2 is 2.19 bits per heavy atom. The van der Waals surface area contributed by atoms with Crippen molar-refractivity contribution in [3.05, 3.63) is 34.7 Å². The maximum atomic E-state index is 5.26. The van der Waals surface area contributed by atoms with Gasteiger partial charge in [0.25, 0.3) is 0 Å². The van der Waals surface area contributed by atoms with Gasteiger partial charge in [0.05, 0.1) is 5.52 Å². The second-order valence-electron chi connectivity index (χ2n) is 3.60. The van der Waals surface area contributed by atoms with Gasteiger partial charge >= 0.3 is 0 Å². The largest absolute Gasteiger partial charge is 0.264 e. The van der Waals surface area contributed by atoms with Crippen molar-refractivity contribution < 1.29 is 0 Å². The van der Waals surface area contributed by atoms with Crippen molar-refractivity contribution in [3.63, 3.8) is 0 Å². The summed E-state index contributed by atoms with van der Waals surface area (Å²) in [5, 5.41) is 12.7. The molecule has 0 saturated heterocycles. The summed E-state index contributed by atoms with van der Waals surface area (Å²) in [4.78, 5) is 0. The van der Waals surface area contributed by atoms with Crippen LogP contribution in [0.1, 0.15) is 12.7 Å². The molecule has 0 bridgehead atoms. The summed E-state index contributed by atoms with van der Waals surface area (Å²) < 4.78 is 2.47. The number of aryl methyl sites for hydroxylation is 1. The zero-order valence-electron chi connectivity index (χ0n) is 8.77. The lowest BCUT2D eigenvalue weighted by Gasteiger charge is -1.99. The van der Waals surface area contributed by atoms with E-state index in [2.05, 4.69) is 15.3 Å². The molecule has 16 heavy (non-hydrogen) atoms. The molecule has 0 amide bonds. The van der Waals surface area contributed by atoms with Gasteiger partial charge in [-0.2, -0.15) is 10.2 Å². The number of benzene rings is 1. The smallest absolute Gasteiger partial charge is 0.150 e. The topological polar surface area (TPSA) is 46.0 Å². The van der Waals surface area contributed by atoms with Crippen molar-refractivity contribution in [2.75, 3.05) is 0 Å². The van der Waals surface area contributed by atoms with Gasteiger partial charge in [0.1, 0.15) is 10.2 Å². The Bertz CT molecular complexity index is 726. The maximum Gasteiger partial charge on any atom is 0.150 e. The molecular weight excluding hydrogens is 220 g/mol. The number of H-pyrrole nitrogens is 1. The molecule has 2 aromatic heterocycles. The molecule has 4 nitrogen and oxygen atoms in total. The third-order valence-electron chi connectivity index (χ3n) is 2.64. The summed E-state index contributed by atoms with van der Waals surface area (Å²) >= 11 is 5.26. The molecule has 0 atom stereocenters. The molecule has 0 unspecified atom stereocenters. The van der Waals surface area contributed by atoms with Crippen molar-refractivity contribution in [2.45, 2.75) is 13.3 Å². The summed E-state index contributed by atoms with van der Waals surface area (Å²) in [6.07, 6.45) is 0.816. The van der Waals surface area contributed by atoms with E-state index in [9.17, 15) is 0 Å². The molecule has 0 aliphatic carbocycles. The fourth-order valence-corrected chi connectivity index (χ4v) is 2.12. The Balaban J connectivity index is 2.63. The van der Waals surface area contributed by atoms with Gasteiger partial charge in [0, 0.05) is 11.8 Å². The Labute approximate surface area is 96.9 Å². The highest BCUT2D eigenvalue weighted by molar-refractivity contribution is 7.71. The van der Waals surface area contributed by atoms with Gasteiger partial charge in [0.2, 0.25) is 0 Å². The molecule has 1 aromatic carbocycles. The van der Waals surface area contributed by atoms with Crippen molar-refractivity contribution in [3.8, 4) is 0 Å². The second-order valence-corrected chi connectivity index (χ2v) is 4.01. The van der Waals surface area contributed by atoms with Crippen LogP contribution in [0.5, 0.6) is 0 Å². The maximum absolute atomic E-state index is 5.26. The van der Waals surface area contributed by atoms with Crippen LogP contribution in [0.15, 0.2) is 24.3 Å². The van der Waals surface area contributed by atoms with Gasteiger partial charge in [-0.15, -0.1) is 0 Å². The van der Waals surface area contributed by atoms with Crippen LogP contribution < -0.4 is 0 Å². The molecule has 0 radical (unpaired) electrons. The van der Waals surface area contributed by atoms with Gasteiger partial charge in [0.15, 0.2) is 5.82 Å². The highest BCUT2D eigenvalue weighted by Crippen LogP contribution is 2.19. The first-order valence-electron chi connectivity index (χ1n) is 5.16. The summed E-state index contributed by atoms with van der Waals surface area (Å²) in [7, 11) is 0. The van der Waals surface area contributed by atoms with Crippen LogP contribution in [-0.4, -0.2) is 19.8 Å². The van der Waals surface area contributed by atoms with Crippen LogP contribution in [0, 0.1) is 4.64 Å². The molecular formula is C11H10N4S. The van der Waals surface area contributed by atoms with E-state index in [4.69, 9.17) is 12.2 Å². The first kappa shape index (κ1) is 9.47. The molecule has 0 aliphatic heterocycles. The molecule has 0 aliphatic rings. The van der Waals surface area contributed by atoms with Gasteiger partial charge in [-0.1, -0.05) is 37.3 Å². The molecule has 3 rings (SSSR count). The zero-order valence-corrected chi connectivity index (χ0v) is 9.58. The Kier molecular flexibility index (Phi) is 2.00. The Morgan fingerprint density at radius 3 is 3.00 bits per heavy atom. The van der Waals surface area contributed by atoms with Crippen LogP contribution in [-0.2, 0) is 6.42 Å². The molecule has 3 aromatic rings. The minimum atomic E-state index is 0.630. The SMILES string of the molecule is CCc1n[nH]c(=S)c2c3ccccc3nn12. The van der Waals surface area contributed by atoms with Gasteiger partial charge in [-0.25, -0.2) is 4.52 Å². The average Bonchev–Trinajstić information content (AvgIpc) is 2.69. The number of hydrogen-bond donors (Lipinski definition) is 1. The van der Waals surface area contributed by atoms with Crippen LogP contribution in [0.3, 0.4) is 0 Å². The summed E-state index contributed by atoms with van der Waals surface area (Å²) in [6.45, 7) is 2.05. The third-order valence-corrected chi connectivity index (χ3v) is 2.93. The Hall–Kier alpha value is -1.75. The zero-order chi connectivity index (χ0) is 11.1. The normalized spacial score (nSPS) is 11.3. The summed E-state index contributed by atoms with van der Waals surface area (Å²) in [6, 6.07) is 7.97.